The highest BCUT2D eigenvalue weighted by molar-refractivity contribution is 5.84. The van der Waals surface area contributed by atoms with Crippen molar-refractivity contribution in [2.75, 3.05) is 6.54 Å². The third kappa shape index (κ3) is 2.57. The van der Waals surface area contributed by atoms with Crippen molar-refractivity contribution in [3.05, 3.63) is 11.6 Å². The standard InChI is InChI=1S/C15H25N5O/c1-11(17-14(21)15(10-16)7-5-8-15)13-19-18-12-6-3-2-4-9-20(12)13/h11H,2-10,16H2,1H3,(H,17,21). The summed E-state index contributed by atoms with van der Waals surface area (Å²) in [5, 5.41) is 11.7. The predicted octanol–water partition coefficient (Wildman–Crippen LogP) is 1.31. The average Bonchev–Trinajstić information content (AvgIpc) is 2.67. The highest BCUT2D eigenvalue weighted by atomic mass is 16.2. The van der Waals surface area contributed by atoms with Crippen LogP contribution in [0, 0.1) is 5.41 Å². The van der Waals surface area contributed by atoms with Gasteiger partial charge in [-0.05, 0) is 32.6 Å². The maximum atomic E-state index is 12.5. The summed E-state index contributed by atoms with van der Waals surface area (Å²) in [6.07, 6.45) is 7.46. The fraction of sp³-hybridized carbons (Fsp3) is 0.800. The van der Waals surface area contributed by atoms with Crippen LogP contribution in [0.15, 0.2) is 0 Å². The van der Waals surface area contributed by atoms with Gasteiger partial charge in [-0.2, -0.15) is 0 Å². The van der Waals surface area contributed by atoms with Gasteiger partial charge in [0.15, 0.2) is 5.82 Å². The van der Waals surface area contributed by atoms with Gasteiger partial charge < -0.3 is 15.6 Å². The molecule has 3 N–H and O–H groups in total. The van der Waals surface area contributed by atoms with Gasteiger partial charge in [0.2, 0.25) is 5.91 Å². The van der Waals surface area contributed by atoms with E-state index in [1.807, 2.05) is 6.92 Å². The second-order valence-corrected chi connectivity index (χ2v) is 6.47. The van der Waals surface area contributed by atoms with Crippen LogP contribution in [0.1, 0.15) is 63.1 Å². The van der Waals surface area contributed by atoms with Crippen LogP contribution >= 0.6 is 0 Å². The van der Waals surface area contributed by atoms with E-state index in [0.717, 1.165) is 50.3 Å². The van der Waals surface area contributed by atoms with E-state index < -0.39 is 0 Å². The van der Waals surface area contributed by atoms with E-state index in [9.17, 15) is 4.79 Å². The van der Waals surface area contributed by atoms with Crippen LogP contribution in [-0.2, 0) is 17.8 Å². The quantitative estimate of drug-likeness (QED) is 0.876. The van der Waals surface area contributed by atoms with Crippen molar-refractivity contribution in [1.29, 1.82) is 0 Å². The normalized spacial score (nSPS) is 21.8. The van der Waals surface area contributed by atoms with Crippen molar-refractivity contribution in [2.45, 2.75) is 64.5 Å². The summed E-state index contributed by atoms with van der Waals surface area (Å²) in [5.74, 6) is 2.02. The average molecular weight is 291 g/mol. The highest BCUT2D eigenvalue weighted by Gasteiger charge is 2.43. The van der Waals surface area contributed by atoms with Gasteiger partial charge in [0, 0.05) is 19.5 Å². The zero-order valence-electron chi connectivity index (χ0n) is 12.8. The van der Waals surface area contributed by atoms with Gasteiger partial charge in [0.25, 0.3) is 0 Å². The number of carbonyl (C=O) groups excluding carboxylic acids is 1. The Kier molecular flexibility index (Phi) is 3.97. The van der Waals surface area contributed by atoms with E-state index in [-0.39, 0.29) is 17.4 Å². The number of hydrogen-bond donors (Lipinski definition) is 2. The fourth-order valence-electron chi connectivity index (χ4n) is 3.37. The molecule has 1 saturated carbocycles. The van der Waals surface area contributed by atoms with E-state index >= 15 is 0 Å². The first-order valence-electron chi connectivity index (χ1n) is 8.09. The molecule has 0 aromatic carbocycles. The maximum Gasteiger partial charge on any atom is 0.228 e. The Morgan fingerprint density at radius 2 is 2.14 bits per heavy atom. The molecule has 6 heteroatoms. The molecule has 1 amide bonds. The molecule has 21 heavy (non-hydrogen) atoms. The summed E-state index contributed by atoms with van der Waals surface area (Å²) < 4.78 is 2.19. The predicted molar refractivity (Wildman–Crippen MR) is 79.5 cm³/mol. The molecule has 0 saturated heterocycles. The van der Waals surface area contributed by atoms with E-state index in [2.05, 4.69) is 20.1 Å². The minimum Gasteiger partial charge on any atom is -0.346 e. The lowest BCUT2D eigenvalue weighted by molar-refractivity contribution is -0.136. The monoisotopic (exact) mass is 291 g/mol. The third-order valence-electron chi connectivity index (χ3n) is 5.06. The van der Waals surface area contributed by atoms with E-state index in [0.29, 0.717) is 6.54 Å². The summed E-state index contributed by atoms with van der Waals surface area (Å²) in [5.41, 5.74) is 5.46. The number of hydrogen-bond acceptors (Lipinski definition) is 4. The second-order valence-electron chi connectivity index (χ2n) is 6.47. The Balaban J connectivity index is 1.72. The summed E-state index contributed by atoms with van der Waals surface area (Å²) in [7, 11) is 0. The van der Waals surface area contributed by atoms with Gasteiger partial charge in [-0.3, -0.25) is 4.79 Å². The van der Waals surface area contributed by atoms with E-state index in [1.165, 1.54) is 12.8 Å². The molecule has 1 aliphatic heterocycles. The molecule has 1 unspecified atom stereocenters. The molecule has 2 heterocycles. The molecule has 1 aromatic rings. The number of nitrogens with one attached hydrogen (secondary N) is 1. The first-order valence-corrected chi connectivity index (χ1v) is 8.09. The van der Waals surface area contributed by atoms with E-state index in [1.54, 1.807) is 0 Å². The Morgan fingerprint density at radius 3 is 2.81 bits per heavy atom. The number of nitrogens with zero attached hydrogens (tertiary/aromatic N) is 3. The van der Waals surface area contributed by atoms with Crippen LogP contribution in [0.3, 0.4) is 0 Å². The molecular weight excluding hydrogens is 266 g/mol. The zero-order valence-corrected chi connectivity index (χ0v) is 12.8. The lowest BCUT2D eigenvalue weighted by atomic mass is 9.68. The van der Waals surface area contributed by atoms with Gasteiger partial charge in [-0.25, -0.2) is 0 Å². The summed E-state index contributed by atoms with van der Waals surface area (Å²) in [6, 6.07) is -0.110. The molecule has 0 spiro atoms. The van der Waals surface area contributed by atoms with Crippen molar-refractivity contribution in [1.82, 2.24) is 20.1 Å². The molecule has 116 valence electrons. The Bertz CT molecular complexity index is 515. The number of aryl methyl sites for hydroxylation is 1. The smallest absolute Gasteiger partial charge is 0.228 e. The topological polar surface area (TPSA) is 85.8 Å². The van der Waals surface area contributed by atoms with Gasteiger partial charge >= 0.3 is 0 Å². The van der Waals surface area contributed by atoms with Crippen LogP contribution in [0.2, 0.25) is 0 Å². The molecular formula is C15H25N5O. The largest absolute Gasteiger partial charge is 0.346 e. The van der Waals surface area contributed by atoms with Crippen molar-refractivity contribution in [2.24, 2.45) is 11.1 Å². The van der Waals surface area contributed by atoms with Crippen LogP contribution in [0.4, 0.5) is 0 Å². The number of rotatable bonds is 4. The first-order chi connectivity index (χ1) is 10.2. The highest BCUT2D eigenvalue weighted by Crippen LogP contribution is 2.40. The Morgan fingerprint density at radius 1 is 1.33 bits per heavy atom. The lowest BCUT2D eigenvalue weighted by Crippen LogP contribution is -2.51. The Hall–Kier alpha value is -1.43. The number of aromatic nitrogens is 3. The van der Waals surface area contributed by atoms with Crippen LogP contribution in [0.25, 0.3) is 0 Å². The SMILES string of the molecule is CC(NC(=O)C1(CN)CCC1)c1nnc2n1CCCCC2. The zero-order chi connectivity index (χ0) is 14.9. The van der Waals surface area contributed by atoms with Crippen LogP contribution in [0.5, 0.6) is 0 Å². The van der Waals surface area contributed by atoms with Gasteiger partial charge in [0.1, 0.15) is 5.82 Å². The molecule has 1 fully saturated rings. The maximum absolute atomic E-state index is 12.5. The van der Waals surface area contributed by atoms with Gasteiger partial charge in [0.05, 0.1) is 11.5 Å². The third-order valence-corrected chi connectivity index (χ3v) is 5.06. The molecule has 1 aromatic heterocycles. The fourth-order valence-corrected chi connectivity index (χ4v) is 3.37. The molecule has 1 atom stereocenters. The number of amides is 1. The molecule has 2 aliphatic rings. The number of carbonyl (C=O) groups is 1. The van der Waals surface area contributed by atoms with Crippen molar-refractivity contribution in [3.8, 4) is 0 Å². The van der Waals surface area contributed by atoms with Crippen LogP contribution in [-0.4, -0.2) is 27.2 Å². The summed E-state index contributed by atoms with van der Waals surface area (Å²) in [4.78, 5) is 12.5. The van der Waals surface area contributed by atoms with Crippen molar-refractivity contribution < 1.29 is 4.79 Å². The van der Waals surface area contributed by atoms with E-state index in [4.69, 9.17) is 5.73 Å². The molecule has 0 radical (unpaired) electrons. The van der Waals surface area contributed by atoms with Gasteiger partial charge in [-0.1, -0.05) is 12.8 Å². The molecule has 0 bridgehead atoms. The second kappa shape index (κ2) is 5.75. The number of nitrogens with two attached hydrogens (primary N) is 1. The van der Waals surface area contributed by atoms with Crippen molar-refractivity contribution >= 4 is 5.91 Å². The molecule has 1 aliphatic carbocycles. The molecule has 6 nitrogen and oxygen atoms in total. The summed E-state index contributed by atoms with van der Waals surface area (Å²) >= 11 is 0. The molecule has 3 rings (SSSR count). The van der Waals surface area contributed by atoms with Crippen LogP contribution < -0.4 is 11.1 Å². The summed E-state index contributed by atoms with van der Waals surface area (Å²) in [6.45, 7) is 3.38. The Labute approximate surface area is 125 Å². The van der Waals surface area contributed by atoms with Gasteiger partial charge in [-0.15, -0.1) is 10.2 Å². The minimum atomic E-state index is -0.337. The lowest BCUT2D eigenvalue weighted by Gasteiger charge is -2.39. The number of fused-ring (bicyclic) bond motifs is 1. The van der Waals surface area contributed by atoms with Crippen molar-refractivity contribution in [3.63, 3.8) is 0 Å². The first kappa shape index (κ1) is 14.5. The minimum absolute atomic E-state index is 0.0784.